The van der Waals surface area contributed by atoms with Crippen LogP contribution in [0.15, 0.2) is 52.8 Å². The molecule has 0 saturated carbocycles. The van der Waals surface area contributed by atoms with Gasteiger partial charge in [-0.3, -0.25) is 9.59 Å². The summed E-state index contributed by atoms with van der Waals surface area (Å²) in [6, 6.07) is 10.0. The highest BCUT2D eigenvalue weighted by molar-refractivity contribution is 14.1. The molecular formula is C25H24I2N4O6S. The summed E-state index contributed by atoms with van der Waals surface area (Å²) in [5.41, 5.74) is 4.48. The number of halogens is 2. The molecule has 0 spiro atoms. The fourth-order valence-electron chi connectivity index (χ4n) is 3.53. The normalized spacial score (nSPS) is 15.0. The van der Waals surface area contributed by atoms with Gasteiger partial charge in [-0.05, 0) is 89.4 Å². The minimum atomic E-state index is -0.636. The van der Waals surface area contributed by atoms with E-state index in [2.05, 4.69) is 66.3 Å². The summed E-state index contributed by atoms with van der Waals surface area (Å²) in [5.74, 6) is -0.730. The number of ether oxygens (including phenoxy) is 3. The summed E-state index contributed by atoms with van der Waals surface area (Å²) in [7, 11) is 0. The van der Waals surface area contributed by atoms with Gasteiger partial charge < -0.3 is 24.8 Å². The predicted molar refractivity (Wildman–Crippen MR) is 162 cm³/mol. The first-order valence-electron chi connectivity index (χ1n) is 11.3. The summed E-state index contributed by atoms with van der Waals surface area (Å²) >= 11 is 9.49. The molecule has 200 valence electrons. The molecule has 1 atom stereocenters. The number of para-hydroxylation sites is 1. The Hall–Kier alpha value is -2.79. The van der Waals surface area contributed by atoms with E-state index in [1.807, 2.05) is 6.07 Å². The maximum atomic E-state index is 12.7. The van der Waals surface area contributed by atoms with E-state index < -0.39 is 23.9 Å². The van der Waals surface area contributed by atoms with Gasteiger partial charge in [0.15, 0.2) is 17.5 Å². The Kier molecular flexibility index (Phi) is 10.8. The van der Waals surface area contributed by atoms with Crippen LogP contribution in [0.3, 0.4) is 0 Å². The van der Waals surface area contributed by atoms with Gasteiger partial charge >= 0.3 is 11.9 Å². The number of hydrogen-bond donors (Lipinski definition) is 3. The molecule has 0 radical (unpaired) electrons. The number of thiocarbonyl (C=S) groups is 1. The van der Waals surface area contributed by atoms with Crippen molar-refractivity contribution in [3.63, 3.8) is 0 Å². The average molecular weight is 762 g/mol. The molecule has 1 amide bonds. The number of hydrogen-bond acceptors (Lipinski definition) is 8. The van der Waals surface area contributed by atoms with Crippen LogP contribution in [-0.4, -0.2) is 42.4 Å². The van der Waals surface area contributed by atoms with E-state index in [9.17, 15) is 14.4 Å². The predicted octanol–water partition coefficient (Wildman–Crippen LogP) is 3.71. The fraction of sp³-hybridized carbons (Fsp3) is 0.240. The molecule has 0 fully saturated rings. The summed E-state index contributed by atoms with van der Waals surface area (Å²) in [5, 5.41) is 10.4. The van der Waals surface area contributed by atoms with Crippen LogP contribution in [0.2, 0.25) is 0 Å². The zero-order valence-corrected chi connectivity index (χ0v) is 25.7. The van der Waals surface area contributed by atoms with E-state index >= 15 is 0 Å². The van der Waals surface area contributed by atoms with Crippen LogP contribution < -0.4 is 25.5 Å². The molecule has 3 N–H and O–H groups in total. The highest BCUT2D eigenvalue weighted by Crippen LogP contribution is 2.33. The van der Waals surface area contributed by atoms with Crippen molar-refractivity contribution in [2.75, 3.05) is 13.2 Å². The van der Waals surface area contributed by atoms with E-state index in [4.69, 9.17) is 26.4 Å². The van der Waals surface area contributed by atoms with Crippen molar-refractivity contribution in [3.05, 3.63) is 65.9 Å². The first-order valence-corrected chi connectivity index (χ1v) is 13.8. The average Bonchev–Trinajstić information content (AvgIpc) is 2.84. The van der Waals surface area contributed by atoms with Gasteiger partial charge in [-0.25, -0.2) is 10.2 Å². The molecule has 0 saturated heterocycles. The van der Waals surface area contributed by atoms with Gasteiger partial charge in [0.2, 0.25) is 0 Å². The van der Waals surface area contributed by atoms with Crippen LogP contribution >= 0.6 is 57.4 Å². The largest absolute Gasteiger partial charge is 0.483 e. The Bertz CT molecular complexity index is 1330. The molecule has 3 rings (SSSR count). The minimum Gasteiger partial charge on any atom is -0.483 e. The standard InChI is InChI=1S/C25H24I2N4O6S/c1-4-35-24(34)21-13(2)29-25(38)30-22(21)17-7-5-6-8-19(17)36-12-20(33)31-28-11-15-9-16(26)10-18(27)23(15)37-14(3)32/h5-11,22H,4,12H2,1-3H3,(H,31,33)(H2,29,30,38)/t22-/m0/s1. The number of nitrogens with zero attached hydrogens (tertiary/aromatic N) is 1. The molecular weight excluding hydrogens is 738 g/mol. The maximum absolute atomic E-state index is 12.7. The van der Waals surface area contributed by atoms with Crippen LogP contribution in [0.4, 0.5) is 0 Å². The van der Waals surface area contributed by atoms with Gasteiger partial charge in [-0.1, -0.05) is 18.2 Å². The SMILES string of the molecule is CCOC(=O)C1=C(C)NC(=S)N[C@H]1c1ccccc1OCC(=O)NN=Cc1cc(I)cc(I)c1OC(C)=O. The number of nitrogens with one attached hydrogen (secondary N) is 3. The molecule has 2 aromatic rings. The molecule has 0 unspecified atom stereocenters. The summed E-state index contributed by atoms with van der Waals surface area (Å²) in [4.78, 5) is 36.6. The van der Waals surface area contributed by atoms with Gasteiger partial charge in [0.05, 0.1) is 28.0 Å². The third kappa shape index (κ3) is 7.86. The van der Waals surface area contributed by atoms with E-state index in [1.54, 1.807) is 44.2 Å². The highest BCUT2D eigenvalue weighted by Gasteiger charge is 2.32. The Morgan fingerprint density at radius 3 is 2.66 bits per heavy atom. The fourth-order valence-corrected chi connectivity index (χ4v) is 5.80. The maximum Gasteiger partial charge on any atom is 0.338 e. The third-order valence-electron chi connectivity index (χ3n) is 5.03. The lowest BCUT2D eigenvalue weighted by atomic mass is 9.95. The van der Waals surface area contributed by atoms with Crippen molar-refractivity contribution in [3.8, 4) is 11.5 Å². The van der Waals surface area contributed by atoms with E-state index in [0.717, 1.165) is 7.14 Å². The zero-order chi connectivity index (χ0) is 27.8. The van der Waals surface area contributed by atoms with Crippen LogP contribution in [-0.2, 0) is 19.1 Å². The summed E-state index contributed by atoms with van der Waals surface area (Å²) < 4.78 is 18.0. The second kappa shape index (κ2) is 13.8. The van der Waals surface area contributed by atoms with Crippen molar-refractivity contribution in [1.82, 2.24) is 16.1 Å². The molecule has 0 bridgehead atoms. The van der Waals surface area contributed by atoms with Crippen LogP contribution in [0.25, 0.3) is 0 Å². The van der Waals surface area contributed by atoms with Gasteiger partial charge in [0.1, 0.15) is 5.75 Å². The summed E-state index contributed by atoms with van der Waals surface area (Å²) in [6.45, 7) is 4.65. The number of hydrazone groups is 1. The number of esters is 2. The topological polar surface area (TPSA) is 127 Å². The molecule has 0 aliphatic carbocycles. The lowest BCUT2D eigenvalue weighted by Gasteiger charge is -2.30. The Morgan fingerprint density at radius 1 is 1.21 bits per heavy atom. The third-order valence-corrected chi connectivity index (χ3v) is 6.67. The monoisotopic (exact) mass is 762 g/mol. The molecule has 1 heterocycles. The second-order valence-electron chi connectivity index (χ2n) is 7.81. The molecule has 2 aromatic carbocycles. The van der Waals surface area contributed by atoms with E-state index in [-0.39, 0.29) is 13.2 Å². The second-order valence-corrected chi connectivity index (χ2v) is 10.6. The highest BCUT2D eigenvalue weighted by atomic mass is 127. The number of amides is 1. The van der Waals surface area contributed by atoms with Crippen LogP contribution in [0, 0.1) is 7.14 Å². The Labute approximate surface area is 252 Å². The van der Waals surface area contributed by atoms with Gasteiger partial charge in [-0.2, -0.15) is 5.10 Å². The van der Waals surface area contributed by atoms with Gasteiger partial charge in [0.25, 0.3) is 5.91 Å². The lowest BCUT2D eigenvalue weighted by Crippen LogP contribution is -2.45. The number of rotatable bonds is 9. The van der Waals surface area contributed by atoms with E-state index in [0.29, 0.717) is 39.0 Å². The quantitative estimate of drug-likeness (QED) is 0.0876. The number of allylic oxidation sites excluding steroid dienone is 1. The van der Waals surface area contributed by atoms with Crippen LogP contribution in [0.1, 0.15) is 37.9 Å². The molecule has 10 nitrogen and oxygen atoms in total. The zero-order valence-electron chi connectivity index (χ0n) is 20.6. The molecule has 1 aliphatic heterocycles. The van der Waals surface area contributed by atoms with Gasteiger partial charge in [-0.15, -0.1) is 0 Å². The van der Waals surface area contributed by atoms with Crippen molar-refractivity contribution < 1.29 is 28.6 Å². The molecule has 13 heteroatoms. The van der Waals surface area contributed by atoms with Crippen molar-refractivity contribution >= 4 is 86.6 Å². The van der Waals surface area contributed by atoms with Crippen molar-refractivity contribution in [1.29, 1.82) is 0 Å². The Balaban J connectivity index is 1.74. The number of carbonyl (C=O) groups excluding carboxylic acids is 3. The van der Waals surface area contributed by atoms with Crippen LogP contribution in [0.5, 0.6) is 11.5 Å². The first kappa shape index (κ1) is 29.8. The number of carbonyl (C=O) groups is 3. The molecule has 38 heavy (non-hydrogen) atoms. The Morgan fingerprint density at radius 2 is 1.95 bits per heavy atom. The summed E-state index contributed by atoms with van der Waals surface area (Å²) in [6.07, 6.45) is 1.40. The van der Waals surface area contributed by atoms with Gasteiger partial charge in [0, 0.05) is 27.3 Å². The molecule has 1 aliphatic rings. The molecule has 0 aromatic heterocycles. The van der Waals surface area contributed by atoms with Crippen molar-refractivity contribution in [2.24, 2.45) is 5.10 Å². The minimum absolute atomic E-state index is 0.218. The smallest absolute Gasteiger partial charge is 0.338 e. The number of benzene rings is 2. The van der Waals surface area contributed by atoms with Crippen molar-refractivity contribution in [2.45, 2.75) is 26.8 Å². The first-order chi connectivity index (χ1) is 18.1. The van der Waals surface area contributed by atoms with E-state index in [1.165, 1.54) is 13.1 Å². The lowest BCUT2D eigenvalue weighted by molar-refractivity contribution is -0.139.